The fourth-order valence-electron chi connectivity index (χ4n) is 7.70. The number of oxime groups is 1. The van der Waals surface area contributed by atoms with Crippen LogP contribution in [0.2, 0.25) is 0 Å². The third-order valence-corrected chi connectivity index (χ3v) is 9.63. The highest BCUT2D eigenvalue weighted by molar-refractivity contribution is 5.88. The van der Waals surface area contributed by atoms with Gasteiger partial charge in [-0.05, 0) is 62.8 Å². The number of hydrogen-bond acceptors (Lipinski definition) is 5. The maximum Gasteiger partial charge on any atom is 0.141 e. The van der Waals surface area contributed by atoms with Crippen molar-refractivity contribution in [3.8, 4) is 0 Å². The Labute approximate surface area is 174 Å². The number of fused-ring (bicyclic) bond motifs is 5. The molecule has 1 saturated heterocycles. The van der Waals surface area contributed by atoms with Crippen LogP contribution in [-0.2, 0) is 9.63 Å². The molecule has 5 heteroatoms. The van der Waals surface area contributed by atoms with Gasteiger partial charge in [-0.2, -0.15) is 0 Å². The SMILES string of the molecule is C=C1C[C@@]2(O)CC(=NO[C@@H]3CCNC3)CC[C@]2(C)[C@H]2CC[C@]3(C)C(=O)CC[C@H]3[C@H]12. The first-order valence-corrected chi connectivity index (χ1v) is 11.6. The van der Waals surface area contributed by atoms with E-state index in [4.69, 9.17) is 4.84 Å². The summed E-state index contributed by atoms with van der Waals surface area (Å²) in [5.74, 6) is 1.66. The molecule has 0 spiro atoms. The monoisotopic (exact) mass is 400 g/mol. The molecule has 29 heavy (non-hydrogen) atoms. The normalized spacial score (nSPS) is 50.9. The summed E-state index contributed by atoms with van der Waals surface area (Å²) in [5, 5.41) is 19.7. The van der Waals surface area contributed by atoms with Gasteiger partial charge in [-0.25, -0.2) is 0 Å². The van der Waals surface area contributed by atoms with Crippen LogP contribution in [0, 0.1) is 28.6 Å². The van der Waals surface area contributed by atoms with Crippen LogP contribution in [0.4, 0.5) is 0 Å². The molecule has 5 rings (SSSR count). The molecule has 1 heterocycles. The number of aliphatic hydroxyl groups is 1. The molecule has 5 fully saturated rings. The van der Waals surface area contributed by atoms with Gasteiger partial charge >= 0.3 is 0 Å². The van der Waals surface area contributed by atoms with Crippen LogP contribution in [0.25, 0.3) is 0 Å². The third kappa shape index (κ3) is 2.79. The number of rotatable bonds is 2. The number of carbonyl (C=O) groups excluding carboxylic acids is 1. The van der Waals surface area contributed by atoms with Crippen molar-refractivity contribution in [3.05, 3.63) is 12.2 Å². The van der Waals surface area contributed by atoms with Crippen molar-refractivity contribution in [2.45, 2.75) is 83.3 Å². The summed E-state index contributed by atoms with van der Waals surface area (Å²) < 4.78 is 0. The van der Waals surface area contributed by atoms with Crippen molar-refractivity contribution in [1.82, 2.24) is 5.32 Å². The molecule has 2 N–H and O–H groups in total. The van der Waals surface area contributed by atoms with Crippen molar-refractivity contribution >= 4 is 11.5 Å². The van der Waals surface area contributed by atoms with E-state index in [0.29, 0.717) is 36.4 Å². The molecule has 1 aliphatic heterocycles. The van der Waals surface area contributed by atoms with E-state index in [2.05, 4.69) is 30.9 Å². The maximum absolute atomic E-state index is 12.6. The number of ketones is 1. The van der Waals surface area contributed by atoms with Crippen molar-refractivity contribution in [2.75, 3.05) is 13.1 Å². The van der Waals surface area contributed by atoms with Crippen LogP contribution < -0.4 is 5.32 Å². The minimum Gasteiger partial charge on any atom is -0.391 e. The van der Waals surface area contributed by atoms with E-state index in [1.165, 1.54) is 5.57 Å². The van der Waals surface area contributed by atoms with Gasteiger partial charge in [0.1, 0.15) is 11.9 Å². The molecular weight excluding hydrogens is 364 g/mol. The van der Waals surface area contributed by atoms with E-state index >= 15 is 0 Å². The molecule has 7 atom stereocenters. The van der Waals surface area contributed by atoms with E-state index in [1.54, 1.807) is 0 Å². The van der Waals surface area contributed by atoms with Crippen molar-refractivity contribution in [2.24, 2.45) is 33.7 Å². The molecular formula is C24H36N2O3. The van der Waals surface area contributed by atoms with E-state index in [0.717, 1.165) is 63.7 Å². The van der Waals surface area contributed by atoms with Crippen LogP contribution in [0.1, 0.15) is 71.6 Å². The molecule has 5 aliphatic rings. The molecule has 0 aromatic carbocycles. The fourth-order valence-corrected chi connectivity index (χ4v) is 7.70. The topological polar surface area (TPSA) is 70.9 Å². The lowest BCUT2D eigenvalue weighted by Gasteiger charge is -2.63. The Balaban J connectivity index is 1.39. The summed E-state index contributed by atoms with van der Waals surface area (Å²) in [7, 11) is 0. The second-order valence-corrected chi connectivity index (χ2v) is 11.0. The number of Topliss-reactive ketones (excluding diaryl/α,β-unsaturated/α-hetero) is 1. The lowest BCUT2D eigenvalue weighted by Crippen LogP contribution is -2.63. The van der Waals surface area contributed by atoms with Gasteiger partial charge in [0.2, 0.25) is 0 Å². The number of carbonyl (C=O) groups is 1. The van der Waals surface area contributed by atoms with Crippen LogP contribution in [0.3, 0.4) is 0 Å². The van der Waals surface area contributed by atoms with E-state index < -0.39 is 5.60 Å². The Morgan fingerprint density at radius 1 is 1.14 bits per heavy atom. The van der Waals surface area contributed by atoms with Gasteiger partial charge in [0.25, 0.3) is 0 Å². The van der Waals surface area contributed by atoms with Gasteiger partial charge in [0.05, 0.1) is 11.3 Å². The molecule has 0 radical (unpaired) electrons. The second kappa shape index (κ2) is 6.65. The van der Waals surface area contributed by atoms with Crippen LogP contribution in [0.15, 0.2) is 17.3 Å². The minimum absolute atomic E-state index is 0.139. The number of nitrogens with one attached hydrogen (secondary N) is 1. The first-order valence-electron chi connectivity index (χ1n) is 11.6. The summed E-state index contributed by atoms with van der Waals surface area (Å²) in [6, 6.07) is 0. The average molecular weight is 401 g/mol. The second-order valence-electron chi connectivity index (χ2n) is 11.0. The van der Waals surface area contributed by atoms with Gasteiger partial charge in [-0.15, -0.1) is 0 Å². The van der Waals surface area contributed by atoms with Gasteiger partial charge < -0.3 is 15.3 Å². The highest BCUT2D eigenvalue weighted by Crippen LogP contribution is 2.67. The zero-order valence-electron chi connectivity index (χ0n) is 18.0. The largest absolute Gasteiger partial charge is 0.391 e. The number of nitrogens with zero attached hydrogens (tertiary/aromatic N) is 1. The first-order chi connectivity index (χ1) is 13.8. The van der Waals surface area contributed by atoms with Crippen molar-refractivity contribution in [1.29, 1.82) is 0 Å². The predicted molar refractivity (Wildman–Crippen MR) is 113 cm³/mol. The van der Waals surface area contributed by atoms with Crippen LogP contribution in [0.5, 0.6) is 0 Å². The summed E-state index contributed by atoms with van der Waals surface area (Å²) in [6.07, 6.45) is 7.94. The molecule has 4 aliphatic carbocycles. The lowest BCUT2D eigenvalue weighted by molar-refractivity contribution is -0.170. The molecule has 0 aromatic rings. The summed E-state index contributed by atoms with van der Waals surface area (Å²) in [5.41, 5.74) is 1.07. The average Bonchev–Trinajstić information content (AvgIpc) is 3.30. The molecule has 5 nitrogen and oxygen atoms in total. The molecule has 0 amide bonds. The molecule has 4 saturated carbocycles. The Hall–Kier alpha value is -1.20. The Kier molecular flexibility index (Phi) is 4.53. The highest BCUT2D eigenvalue weighted by Gasteiger charge is 2.65. The quantitative estimate of drug-likeness (QED) is 0.549. The minimum atomic E-state index is -0.796. The third-order valence-electron chi connectivity index (χ3n) is 9.63. The smallest absolute Gasteiger partial charge is 0.141 e. The first kappa shape index (κ1) is 19.7. The summed E-state index contributed by atoms with van der Waals surface area (Å²) in [4.78, 5) is 18.4. The fraction of sp³-hybridized carbons (Fsp3) is 0.833. The van der Waals surface area contributed by atoms with Crippen molar-refractivity contribution < 1.29 is 14.7 Å². The lowest BCUT2D eigenvalue weighted by atomic mass is 9.43. The maximum atomic E-state index is 12.6. The van der Waals surface area contributed by atoms with Gasteiger partial charge in [-0.1, -0.05) is 31.2 Å². The Morgan fingerprint density at radius 2 is 1.97 bits per heavy atom. The van der Waals surface area contributed by atoms with Gasteiger partial charge in [-0.3, -0.25) is 4.79 Å². The molecule has 0 bridgehead atoms. The summed E-state index contributed by atoms with van der Waals surface area (Å²) in [6.45, 7) is 10.8. The van der Waals surface area contributed by atoms with Gasteiger partial charge in [0, 0.05) is 36.6 Å². The van der Waals surface area contributed by atoms with E-state index in [-0.39, 0.29) is 16.9 Å². The zero-order chi connectivity index (χ0) is 20.4. The Bertz CT molecular complexity index is 757. The highest BCUT2D eigenvalue weighted by atomic mass is 16.6. The van der Waals surface area contributed by atoms with E-state index in [1.807, 2.05) is 0 Å². The molecule has 0 unspecified atom stereocenters. The van der Waals surface area contributed by atoms with Crippen LogP contribution in [-0.4, -0.2) is 41.4 Å². The predicted octanol–water partition coefficient (Wildman–Crippen LogP) is 3.61. The number of hydrogen-bond donors (Lipinski definition) is 2. The molecule has 0 aromatic heterocycles. The zero-order valence-corrected chi connectivity index (χ0v) is 18.0. The van der Waals surface area contributed by atoms with Crippen molar-refractivity contribution in [3.63, 3.8) is 0 Å². The standard InChI is InChI=1S/C24H36N2O3/c1-15-12-24(28)13-16(26-29-17-8-11-25-14-17)6-10-23(24,3)19-7-9-22(2)18(21(15)19)4-5-20(22)27/h17-19,21,25,28H,1,4-14H2,2-3H3/t17-,18+,19+,21+,22+,23-,24-/m1/s1. The van der Waals surface area contributed by atoms with Gasteiger partial charge in [0.15, 0.2) is 0 Å². The van der Waals surface area contributed by atoms with E-state index in [9.17, 15) is 9.90 Å². The Morgan fingerprint density at radius 3 is 2.72 bits per heavy atom. The molecule has 160 valence electrons. The summed E-state index contributed by atoms with van der Waals surface area (Å²) >= 11 is 0. The van der Waals surface area contributed by atoms with Crippen LogP contribution >= 0.6 is 0 Å².